The molecule has 1 atom stereocenters. The van der Waals surface area contributed by atoms with Gasteiger partial charge in [-0.2, -0.15) is 5.10 Å². The van der Waals surface area contributed by atoms with Gasteiger partial charge in [0.15, 0.2) is 0 Å². The van der Waals surface area contributed by atoms with E-state index in [2.05, 4.69) is 22.5 Å². The fourth-order valence-corrected chi connectivity index (χ4v) is 4.28. The number of benzene rings is 1. The number of hydrogen-bond donors (Lipinski definition) is 1. The van der Waals surface area contributed by atoms with Crippen molar-refractivity contribution in [2.24, 2.45) is 0 Å². The van der Waals surface area contributed by atoms with Crippen LogP contribution in [0.15, 0.2) is 42.7 Å². The molecule has 5 nitrogen and oxygen atoms in total. The molecule has 4 rings (SSSR count). The molecule has 2 aliphatic heterocycles. The van der Waals surface area contributed by atoms with E-state index in [1.165, 1.54) is 5.56 Å². The first-order valence-corrected chi connectivity index (χ1v) is 9.32. The van der Waals surface area contributed by atoms with Crippen LogP contribution in [0.4, 0.5) is 0 Å². The summed E-state index contributed by atoms with van der Waals surface area (Å²) in [5, 5.41) is 8.53. The second-order valence-corrected chi connectivity index (χ2v) is 7.46. The van der Waals surface area contributed by atoms with Crippen LogP contribution in [-0.4, -0.2) is 46.8 Å². The third-order valence-electron chi connectivity index (χ3n) is 5.59. The molecule has 1 N–H and O–H groups in total. The highest BCUT2D eigenvalue weighted by Gasteiger charge is 2.45. The van der Waals surface area contributed by atoms with E-state index in [4.69, 9.17) is 11.6 Å². The minimum atomic E-state index is -0.538. The Morgan fingerprint density at radius 2 is 2.00 bits per heavy atom. The molecular weight excluding hydrogens is 336 g/mol. The summed E-state index contributed by atoms with van der Waals surface area (Å²) in [6.07, 6.45) is 6.26. The molecule has 25 heavy (non-hydrogen) atoms. The number of carbonyl (C=O) groups excluding carboxylic acids is 1. The zero-order chi connectivity index (χ0) is 17.3. The average molecular weight is 359 g/mol. The van der Waals surface area contributed by atoms with Crippen LogP contribution >= 0.6 is 11.6 Å². The number of piperidine rings is 1. The Kier molecular flexibility index (Phi) is 4.52. The molecule has 0 spiro atoms. The predicted molar refractivity (Wildman–Crippen MR) is 97.7 cm³/mol. The van der Waals surface area contributed by atoms with E-state index >= 15 is 0 Å². The lowest BCUT2D eigenvalue weighted by Gasteiger charge is -2.39. The Morgan fingerprint density at radius 1 is 1.24 bits per heavy atom. The van der Waals surface area contributed by atoms with Crippen molar-refractivity contribution >= 4 is 17.5 Å². The molecule has 6 heteroatoms. The highest BCUT2D eigenvalue weighted by Crippen LogP contribution is 2.34. The van der Waals surface area contributed by atoms with Crippen molar-refractivity contribution in [1.82, 2.24) is 20.0 Å². The molecule has 1 aromatic heterocycles. The first-order valence-electron chi connectivity index (χ1n) is 8.95. The Bertz CT molecular complexity index is 722. The molecule has 1 aromatic carbocycles. The summed E-state index contributed by atoms with van der Waals surface area (Å²) in [4.78, 5) is 15.5. The number of hydrogen-bond acceptors (Lipinski definition) is 3. The Morgan fingerprint density at radius 3 is 2.68 bits per heavy atom. The monoisotopic (exact) mass is 358 g/mol. The standard InChI is InChI=1S/C19H23ClN4O/c20-17-4-2-15(3-5-17)16-6-13-23(14-16)18(25)19(7-10-21-11-8-19)24-12-1-9-22-24/h1-5,9,12,16,21H,6-8,10-11,13-14H2. The zero-order valence-corrected chi connectivity index (χ0v) is 15.0. The van der Waals surface area contributed by atoms with Gasteiger partial charge in [0.25, 0.3) is 5.91 Å². The van der Waals surface area contributed by atoms with Gasteiger partial charge in [-0.05, 0) is 56.1 Å². The van der Waals surface area contributed by atoms with Crippen molar-refractivity contribution in [3.63, 3.8) is 0 Å². The lowest BCUT2D eigenvalue weighted by molar-refractivity contribution is -0.142. The normalized spacial score (nSPS) is 22.9. The second-order valence-electron chi connectivity index (χ2n) is 7.02. The summed E-state index contributed by atoms with van der Waals surface area (Å²) in [6.45, 7) is 3.28. The number of rotatable bonds is 3. The minimum Gasteiger partial charge on any atom is -0.340 e. The fraction of sp³-hybridized carbons (Fsp3) is 0.474. The number of aromatic nitrogens is 2. The van der Waals surface area contributed by atoms with Crippen LogP contribution in [0.1, 0.15) is 30.7 Å². The van der Waals surface area contributed by atoms with E-state index in [9.17, 15) is 4.79 Å². The molecule has 132 valence electrons. The number of carbonyl (C=O) groups is 1. The van der Waals surface area contributed by atoms with Crippen LogP contribution in [0.3, 0.4) is 0 Å². The van der Waals surface area contributed by atoms with Crippen molar-refractivity contribution in [3.8, 4) is 0 Å². The molecule has 2 aromatic rings. The van der Waals surface area contributed by atoms with E-state index in [1.54, 1.807) is 6.20 Å². The van der Waals surface area contributed by atoms with E-state index in [1.807, 2.05) is 34.0 Å². The smallest absolute Gasteiger partial charge is 0.250 e. The molecule has 2 saturated heterocycles. The first kappa shape index (κ1) is 16.6. The van der Waals surface area contributed by atoms with Crippen molar-refractivity contribution in [2.75, 3.05) is 26.2 Å². The Hall–Kier alpha value is -1.85. The van der Waals surface area contributed by atoms with Gasteiger partial charge in [-0.25, -0.2) is 0 Å². The maximum Gasteiger partial charge on any atom is 0.250 e. The van der Waals surface area contributed by atoms with Crippen LogP contribution in [-0.2, 0) is 10.3 Å². The highest BCUT2D eigenvalue weighted by atomic mass is 35.5. The van der Waals surface area contributed by atoms with E-state index in [0.29, 0.717) is 5.92 Å². The third-order valence-corrected chi connectivity index (χ3v) is 5.84. The quantitative estimate of drug-likeness (QED) is 0.917. The number of nitrogens with one attached hydrogen (secondary N) is 1. The van der Waals surface area contributed by atoms with Crippen molar-refractivity contribution in [3.05, 3.63) is 53.3 Å². The molecule has 0 bridgehead atoms. The van der Waals surface area contributed by atoms with Gasteiger partial charge in [-0.3, -0.25) is 9.48 Å². The van der Waals surface area contributed by atoms with Crippen LogP contribution < -0.4 is 5.32 Å². The van der Waals surface area contributed by atoms with Gasteiger partial charge < -0.3 is 10.2 Å². The molecule has 0 radical (unpaired) electrons. The maximum absolute atomic E-state index is 13.5. The largest absolute Gasteiger partial charge is 0.340 e. The van der Waals surface area contributed by atoms with Crippen LogP contribution in [0.2, 0.25) is 5.02 Å². The van der Waals surface area contributed by atoms with Gasteiger partial charge in [0.2, 0.25) is 0 Å². The zero-order valence-electron chi connectivity index (χ0n) is 14.2. The van der Waals surface area contributed by atoms with Crippen LogP contribution in [0.5, 0.6) is 0 Å². The number of halogens is 1. The second kappa shape index (κ2) is 6.81. The maximum atomic E-state index is 13.5. The number of nitrogens with zero attached hydrogens (tertiary/aromatic N) is 3. The Labute approximate surface area is 153 Å². The van der Waals surface area contributed by atoms with E-state index in [0.717, 1.165) is 50.5 Å². The van der Waals surface area contributed by atoms with Crippen LogP contribution in [0, 0.1) is 0 Å². The number of likely N-dealkylation sites (tertiary alicyclic amines) is 1. The molecule has 3 heterocycles. The fourth-order valence-electron chi connectivity index (χ4n) is 4.15. The van der Waals surface area contributed by atoms with Crippen LogP contribution in [0.25, 0.3) is 0 Å². The lowest BCUT2D eigenvalue weighted by atomic mass is 9.86. The molecule has 0 saturated carbocycles. The minimum absolute atomic E-state index is 0.217. The van der Waals surface area contributed by atoms with E-state index < -0.39 is 5.54 Å². The summed E-state index contributed by atoms with van der Waals surface area (Å²) in [7, 11) is 0. The SMILES string of the molecule is O=C(N1CCC(c2ccc(Cl)cc2)C1)C1(n2cccn2)CCNCC1. The molecule has 1 amide bonds. The van der Waals surface area contributed by atoms with Gasteiger partial charge in [-0.1, -0.05) is 23.7 Å². The van der Waals surface area contributed by atoms with Crippen molar-refractivity contribution < 1.29 is 4.79 Å². The molecule has 1 unspecified atom stereocenters. The molecular formula is C19H23ClN4O. The summed E-state index contributed by atoms with van der Waals surface area (Å²) in [6, 6.07) is 9.92. The van der Waals surface area contributed by atoms with E-state index in [-0.39, 0.29) is 5.91 Å². The third kappa shape index (κ3) is 3.07. The molecule has 2 aliphatic rings. The average Bonchev–Trinajstić information content (AvgIpc) is 3.34. The van der Waals surface area contributed by atoms with Crippen molar-refractivity contribution in [1.29, 1.82) is 0 Å². The first-order chi connectivity index (χ1) is 12.2. The Balaban J connectivity index is 1.54. The van der Waals surface area contributed by atoms with Gasteiger partial charge in [-0.15, -0.1) is 0 Å². The summed E-state index contributed by atoms with van der Waals surface area (Å²) >= 11 is 5.99. The molecule has 2 fully saturated rings. The summed E-state index contributed by atoms with van der Waals surface area (Å²) < 4.78 is 1.88. The molecule has 0 aliphatic carbocycles. The predicted octanol–water partition coefficient (Wildman–Crippen LogP) is 2.63. The summed E-state index contributed by atoms with van der Waals surface area (Å²) in [5.74, 6) is 0.603. The lowest BCUT2D eigenvalue weighted by Crippen LogP contribution is -2.55. The van der Waals surface area contributed by atoms with Gasteiger partial charge in [0.05, 0.1) is 0 Å². The van der Waals surface area contributed by atoms with Gasteiger partial charge in [0.1, 0.15) is 5.54 Å². The van der Waals surface area contributed by atoms with Gasteiger partial charge in [0, 0.05) is 36.4 Å². The van der Waals surface area contributed by atoms with Crippen molar-refractivity contribution in [2.45, 2.75) is 30.7 Å². The number of amides is 1. The summed E-state index contributed by atoms with van der Waals surface area (Å²) in [5.41, 5.74) is 0.724. The topological polar surface area (TPSA) is 50.2 Å². The van der Waals surface area contributed by atoms with Gasteiger partial charge >= 0.3 is 0 Å². The highest BCUT2D eigenvalue weighted by molar-refractivity contribution is 6.30.